The minimum atomic E-state index is 0.0361. The van der Waals surface area contributed by atoms with Gasteiger partial charge >= 0.3 is 0 Å². The van der Waals surface area contributed by atoms with Gasteiger partial charge in [-0.05, 0) is 50.6 Å². The molecule has 2 unspecified atom stereocenters. The molecule has 21 heavy (non-hydrogen) atoms. The summed E-state index contributed by atoms with van der Waals surface area (Å²) in [5, 5.41) is 10.7. The molecule has 2 aliphatic heterocycles. The molecule has 0 spiro atoms. The fourth-order valence-corrected chi connectivity index (χ4v) is 3.55. The first-order valence-corrected chi connectivity index (χ1v) is 8.12. The molecule has 1 aromatic rings. The van der Waals surface area contributed by atoms with Crippen molar-refractivity contribution in [2.75, 3.05) is 13.1 Å². The van der Waals surface area contributed by atoms with Crippen molar-refractivity contribution in [1.29, 1.82) is 0 Å². The highest BCUT2D eigenvalue weighted by molar-refractivity contribution is 5.76. The van der Waals surface area contributed by atoms with Gasteiger partial charge in [-0.2, -0.15) is 5.10 Å². The lowest BCUT2D eigenvalue weighted by Crippen LogP contribution is -2.36. The molecule has 3 heterocycles. The minimum Gasteiger partial charge on any atom is -0.346 e. The lowest BCUT2D eigenvalue weighted by Gasteiger charge is -2.29. The van der Waals surface area contributed by atoms with Crippen LogP contribution in [0.15, 0.2) is 6.33 Å². The predicted octanol–water partition coefficient (Wildman–Crippen LogP) is 1.25. The average molecular weight is 291 g/mol. The molecule has 0 aromatic carbocycles. The van der Waals surface area contributed by atoms with Crippen molar-refractivity contribution in [3.8, 4) is 0 Å². The molecule has 2 N–H and O–H groups in total. The Kier molecular flexibility index (Phi) is 4.53. The summed E-state index contributed by atoms with van der Waals surface area (Å²) in [5.41, 5.74) is 0. The molecule has 6 heteroatoms. The second kappa shape index (κ2) is 6.56. The molecule has 1 saturated heterocycles. The number of nitrogens with one attached hydrogen (secondary N) is 2. The van der Waals surface area contributed by atoms with E-state index in [4.69, 9.17) is 0 Å². The Morgan fingerprint density at radius 2 is 2.29 bits per heavy atom. The standard InChI is InChI=1S/C15H25N5O/c1-11(12-4-6-16-7-5-12)9-14(21)19-13-3-2-8-20-15(13)17-10-18-20/h10-13,16H,2-9H2,1H3,(H,19,21). The Hall–Kier alpha value is -1.43. The van der Waals surface area contributed by atoms with E-state index in [0.29, 0.717) is 18.3 Å². The number of amides is 1. The molecular formula is C15H25N5O. The first-order chi connectivity index (χ1) is 10.2. The van der Waals surface area contributed by atoms with E-state index in [9.17, 15) is 4.79 Å². The van der Waals surface area contributed by atoms with E-state index in [2.05, 4.69) is 27.6 Å². The van der Waals surface area contributed by atoms with Gasteiger partial charge in [0.2, 0.25) is 5.91 Å². The minimum absolute atomic E-state index is 0.0361. The van der Waals surface area contributed by atoms with E-state index in [1.807, 2.05) is 4.68 Å². The van der Waals surface area contributed by atoms with Gasteiger partial charge in [0.05, 0.1) is 6.04 Å². The summed E-state index contributed by atoms with van der Waals surface area (Å²) in [6.45, 7) is 5.29. The largest absolute Gasteiger partial charge is 0.346 e. The Morgan fingerprint density at radius 3 is 3.10 bits per heavy atom. The topological polar surface area (TPSA) is 71.8 Å². The van der Waals surface area contributed by atoms with Crippen molar-refractivity contribution >= 4 is 5.91 Å². The molecule has 0 saturated carbocycles. The van der Waals surface area contributed by atoms with E-state index < -0.39 is 0 Å². The van der Waals surface area contributed by atoms with Gasteiger partial charge in [-0.3, -0.25) is 4.79 Å². The lowest BCUT2D eigenvalue weighted by molar-refractivity contribution is -0.123. The Bertz CT molecular complexity index is 480. The summed E-state index contributed by atoms with van der Waals surface area (Å²) in [7, 11) is 0. The van der Waals surface area contributed by atoms with Crippen LogP contribution >= 0.6 is 0 Å². The lowest BCUT2D eigenvalue weighted by atomic mass is 9.84. The van der Waals surface area contributed by atoms with Crippen LogP contribution in [0.1, 0.15) is 50.9 Å². The molecule has 1 amide bonds. The molecule has 2 atom stereocenters. The van der Waals surface area contributed by atoms with Crippen LogP contribution < -0.4 is 10.6 Å². The van der Waals surface area contributed by atoms with E-state index in [1.54, 1.807) is 6.33 Å². The summed E-state index contributed by atoms with van der Waals surface area (Å²) in [4.78, 5) is 16.6. The molecule has 1 fully saturated rings. The molecule has 6 nitrogen and oxygen atoms in total. The number of hydrogen-bond donors (Lipinski definition) is 2. The second-order valence-corrected chi connectivity index (χ2v) is 6.37. The zero-order valence-electron chi connectivity index (χ0n) is 12.7. The van der Waals surface area contributed by atoms with E-state index in [1.165, 1.54) is 12.8 Å². The number of fused-ring (bicyclic) bond motifs is 1. The van der Waals surface area contributed by atoms with Gasteiger partial charge in [0.15, 0.2) is 0 Å². The van der Waals surface area contributed by atoms with E-state index >= 15 is 0 Å². The van der Waals surface area contributed by atoms with Crippen molar-refractivity contribution < 1.29 is 4.79 Å². The fraction of sp³-hybridized carbons (Fsp3) is 0.800. The van der Waals surface area contributed by atoms with Gasteiger partial charge in [-0.25, -0.2) is 9.67 Å². The number of aromatic nitrogens is 3. The molecule has 0 bridgehead atoms. The molecular weight excluding hydrogens is 266 g/mol. The Balaban J connectivity index is 1.53. The summed E-state index contributed by atoms with van der Waals surface area (Å²) < 4.78 is 1.91. The number of carbonyl (C=O) groups is 1. The zero-order valence-corrected chi connectivity index (χ0v) is 12.7. The van der Waals surface area contributed by atoms with Crippen molar-refractivity contribution in [2.24, 2.45) is 11.8 Å². The normalized spacial score (nSPS) is 24.3. The smallest absolute Gasteiger partial charge is 0.220 e. The van der Waals surface area contributed by atoms with Gasteiger partial charge in [0.1, 0.15) is 12.2 Å². The molecule has 116 valence electrons. The van der Waals surface area contributed by atoms with Crippen LogP contribution in [-0.4, -0.2) is 33.8 Å². The number of nitrogens with zero attached hydrogens (tertiary/aromatic N) is 3. The van der Waals surface area contributed by atoms with Gasteiger partial charge in [0, 0.05) is 13.0 Å². The van der Waals surface area contributed by atoms with Crippen molar-refractivity contribution in [3.05, 3.63) is 12.2 Å². The highest BCUT2D eigenvalue weighted by atomic mass is 16.1. The summed E-state index contributed by atoms with van der Waals surface area (Å²) in [6.07, 6.45) is 6.59. The molecule has 1 aromatic heterocycles. The number of piperidine rings is 1. The van der Waals surface area contributed by atoms with Crippen LogP contribution in [-0.2, 0) is 11.3 Å². The summed E-state index contributed by atoms with van der Waals surface area (Å²) >= 11 is 0. The fourth-order valence-electron chi connectivity index (χ4n) is 3.55. The highest BCUT2D eigenvalue weighted by Crippen LogP contribution is 2.26. The van der Waals surface area contributed by atoms with Crippen LogP contribution in [0.25, 0.3) is 0 Å². The molecule has 0 radical (unpaired) electrons. The number of aryl methyl sites for hydroxylation is 1. The Morgan fingerprint density at radius 1 is 1.48 bits per heavy atom. The quantitative estimate of drug-likeness (QED) is 0.876. The van der Waals surface area contributed by atoms with Crippen LogP contribution in [0, 0.1) is 11.8 Å². The van der Waals surface area contributed by atoms with Crippen molar-refractivity contribution in [1.82, 2.24) is 25.4 Å². The maximum atomic E-state index is 12.3. The van der Waals surface area contributed by atoms with Crippen LogP contribution in [0.5, 0.6) is 0 Å². The number of rotatable bonds is 4. The zero-order chi connectivity index (χ0) is 14.7. The van der Waals surface area contributed by atoms with Gasteiger partial charge < -0.3 is 10.6 Å². The first kappa shape index (κ1) is 14.5. The second-order valence-electron chi connectivity index (χ2n) is 6.37. The number of hydrogen-bond acceptors (Lipinski definition) is 4. The van der Waals surface area contributed by atoms with Gasteiger partial charge in [-0.1, -0.05) is 6.92 Å². The molecule has 0 aliphatic carbocycles. The SMILES string of the molecule is CC(CC(=O)NC1CCCn2ncnc21)C1CCNCC1. The van der Waals surface area contributed by atoms with Crippen LogP contribution in [0.4, 0.5) is 0 Å². The van der Waals surface area contributed by atoms with E-state index in [0.717, 1.165) is 38.3 Å². The van der Waals surface area contributed by atoms with Crippen LogP contribution in [0.2, 0.25) is 0 Å². The monoisotopic (exact) mass is 291 g/mol. The third-order valence-electron chi connectivity index (χ3n) is 4.85. The number of carbonyl (C=O) groups excluding carboxylic acids is 1. The average Bonchev–Trinajstić information content (AvgIpc) is 2.97. The first-order valence-electron chi connectivity index (χ1n) is 8.12. The van der Waals surface area contributed by atoms with Crippen LogP contribution in [0.3, 0.4) is 0 Å². The van der Waals surface area contributed by atoms with Gasteiger partial charge in [0.25, 0.3) is 0 Å². The third kappa shape index (κ3) is 3.43. The maximum Gasteiger partial charge on any atom is 0.220 e. The molecule has 3 rings (SSSR count). The Labute approximate surface area is 125 Å². The summed E-state index contributed by atoms with van der Waals surface area (Å²) in [5.74, 6) is 2.19. The third-order valence-corrected chi connectivity index (χ3v) is 4.85. The van der Waals surface area contributed by atoms with Crippen molar-refractivity contribution in [2.45, 2.75) is 51.6 Å². The maximum absolute atomic E-state index is 12.3. The van der Waals surface area contributed by atoms with Crippen molar-refractivity contribution in [3.63, 3.8) is 0 Å². The van der Waals surface area contributed by atoms with Gasteiger partial charge in [-0.15, -0.1) is 0 Å². The highest BCUT2D eigenvalue weighted by Gasteiger charge is 2.26. The molecule has 2 aliphatic rings. The van der Waals surface area contributed by atoms with E-state index in [-0.39, 0.29) is 11.9 Å². The summed E-state index contributed by atoms with van der Waals surface area (Å²) in [6, 6.07) is 0.0361. The predicted molar refractivity (Wildman–Crippen MR) is 79.5 cm³/mol.